The SMILES string of the molecule is CN(C)c1nc(-c2ccc3c(c2)CN(C2CCC(=O)NC2=O)C3=O)cc2ccccc12. The van der Waals surface area contributed by atoms with Crippen molar-refractivity contribution >= 4 is 34.3 Å². The molecule has 3 heterocycles. The van der Waals surface area contributed by atoms with Crippen LogP contribution in [0.5, 0.6) is 0 Å². The van der Waals surface area contributed by atoms with E-state index in [1.165, 1.54) is 0 Å². The smallest absolute Gasteiger partial charge is 0.255 e. The van der Waals surface area contributed by atoms with Gasteiger partial charge in [0.05, 0.1) is 5.69 Å². The van der Waals surface area contributed by atoms with E-state index in [2.05, 4.69) is 23.5 Å². The summed E-state index contributed by atoms with van der Waals surface area (Å²) in [4.78, 5) is 45.1. The van der Waals surface area contributed by atoms with Crippen LogP contribution >= 0.6 is 0 Å². The van der Waals surface area contributed by atoms with Gasteiger partial charge in [0, 0.05) is 43.6 Å². The molecule has 0 spiro atoms. The molecule has 3 aromatic rings. The molecule has 0 aliphatic carbocycles. The molecule has 1 aromatic heterocycles. The third-order valence-electron chi connectivity index (χ3n) is 5.96. The van der Waals surface area contributed by atoms with Crippen molar-refractivity contribution in [3.63, 3.8) is 0 Å². The van der Waals surface area contributed by atoms with Crippen LogP contribution in [0.1, 0.15) is 28.8 Å². The molecule has 1 N–H and O–H groups in total. The van der Waals surface area contributed by atoms with Crippen molar-refractivity contribution in [1.29, 1.82) is 0 Å². The second-order valence-electron chi connectivity index (χ2n) is 8.22. The lowest BCUT2D eigenvalue weighted by molar-refractivity contribution is -0.136. The van der Waals surface area contributed by atoms with E-state index in [4.69, 9.17) is 4.98 Å². The van der Waals surface area contributed by atoms with Crippen LogP contribution in [0.3, 0.4) is 0 Å². The number of pyridine rings is 1. The average Bonchev–Trinajstić information content (AvgIpc) is 3.08. The van der Waals surface area contributed by atoms with Crippen molar-refractivity contribution in [2.45, 2.75) is 25.4 Å². The number of benzene rings is 2. The molecule has 1 fully saturated rings. The van der Waals surface area contributed by atoms with Gasteiger partial charge < -0.3 is 9.80 Å². The molecule has 3 amide bonds. The molecule has 0 radical (unpaired) electrons. The van der Waals surface area contributed by atoms with E-state index in [1.54, 1.807) is 4.90 Å². The number of carbonyl (C=O) groups is 3. The predicted octanol–water partition coefficient (Wildman–Crippen LogP) is 2.73. The minimum Gasteiger partial charge on any atom is -0.362 e. The number of nitrogens with zero attached hydrogens (tertiary/aromatic N) is 3. The molecule has 7 heteroatoms. The van der Waals surface area contributed by atoms with Gasteiger partial charge in [-0.15, -0.1) is 0 Å². The molecular weight excluding hydrogens is 392 g/mol. The molecule has 1 saturated heterocycles. The number of hydrogen-bond acceptors (Lipinski definition) is 5. The molecular formula is C24H22N4O3. The maximum Gasteiger partial charge on any atom is 0.255 e. The van der Waals surface area contributed by atoms with Crippen LogP contribution in [0, 0.1) is 0 Å². The molecule has 2 aromatic carbocycles. The quantitative estimate of drug-likeness (QED) is 0.667. The zero-order valence-corrected chi connectivity index (χ0v) is 17.4. The minimum atomic E-state index is -0.611. The summed E-state index contributed by atoms with van der Waals surface area (Å²) in [6.07, 6.45) is 0.603. The Hall–Kier alpha value is -3.74. The van der Waals surface area contributed by atoms with Crippen LogP contribution < -0.4 is 10.2 Å². The highest BCUT2D eigenvalue weighted by atomic mass is 16.2. The van der Waals surface area contributed by atoms with E-state index >= 15 is 0 Å². The van der Waals surface area contributed by atoms with Crippen LogP contribution in [-0.2, 0) is 16.1 Å². The molecule has 0 saturated carbocycles. The Morgan fingerprint density at radius 1 is 1.06 bits per heavy atom. The number of hydrogen-bond donors (Lipinski definition) is 1. The van der Waals surface area contributed by atoms with Crippen molar-refractivity contribution in [2.24, 2.45) is 0 Å². The first kappa shape index (κ1) is 19.2. The van der Waals surface area contributed by atoms with E-state index in [1.807, 2.05) is 49.3 Å². The van der Waals surface area contributed by atoms with E-state index in [0.717, 1.165) is 33.4 Å². The number of fused-ring (bicyclic) bond motifs is 2. The van der Waals surface area contributed by atoms with Crippen molar-refractivity contribution in [3.8, 4) is 11.3 Å². The fraction of sp³-hybridized carbons (Fsp3) is 0.250. The lowest BCUT2D eigenvalue weighted by Gasteiger charge is -2.29. The fourth-order valence-electron chi connectivity index (χ4n) is 4.40. The predicted molar refractivity (Wildman–Crippen MR) is 118 cm³/mol. The van der Waals surface area contributed by atoms with Crippen molar-refractivity contribution < 1.29 is 14.4 Å². The number of anilines is 1. The lowest BCUT2D eigenvalue weighted by atomic mass is 10.0. The third-order valence-corrected chi connectivity index (χ3v) is 5.96. The summed E-state index contributed by atoms with van der Waals surface area (Å²) >= 11 is 0. The maximum atomic E-state index is 12.9. The lowest BCUT2D eigenvalue weighted by Crippen LogP contribution is -2.52. The summed E-state index contributed by atoms with van der Waals surface area (Å²) in [7, 11) is 3.94. The minimum absolute atomic E-state index is 0.170. The van der Waals surface area contributed by atoms with Gasteiger partial charge in [-0.05, 0) is 35.6 Å². The molecule has 1 unspecified atom stereocenters. The van der Waals surface area contributed by atoms with Crippen molar-refractivity contribution in [1.82, 2.24) is 15.2 Å². The van der Waals surface area contributed by atoms with E-state index in [-0.39, 0.29) is 18.2 Å². The van der Waals surface area contributed by atoms with E-state index in [9.17, 15) is 14.4 Å². The first-order valence-electron chi connectivity index (χ1n) is 10.3. The van der Waals surface area contributed by atoms with Crippen LogP contribution in [-0.4, -0.2) is 47.7 Å². The molecule has 0 bridgehead atoms. The van der Waals surface area contributed by atoms with Crippen LogP contribution in [0.4, 0.5) is 5.82 Å². The normalized spacial score (nSPS) is 18.3. The Labute approximate surface area is 179 Å². The number of nitrogens with one attached hydrogen (secondary N) is 1. The highest BCUT2D eigenvalue weighted by molar-refractivity contribution is 6.05. The molecule has 5 rings (SSSR count). The van der Waals surface area contributed by atoms with Gasteiger partial charge in [-0.25, -0.2) is 4.98 Å². The average molecular weight is 414 g/mol. The summed E-state index contributed by atoms with van der Waals surface area (Å²) in [5.41, 5.74) is 3.22. The first-order chi connectivity index (χ1) is 14.9. The number of imide groups is 1. The number of carbonyl (C=O) groups excluding carboxylic acids is 3. The van der Waals surface area contributed by atoms with Gasteiger partial charge in [-0.2, -0.15) is 0 Å². The Kier molecular flexibility index (Phi) is 4.46. The highest BCUT2D eigenvalue weighted by Gasteiger charge is 2.39. The summed E-state index contributed by atoms with van der Waals surface area (Å²) in [6, 6.07) is 15.3. The molecule has 2 aliphatic heterocycles. The Morgan fingerprint density at radius 2 is 1.87 bits per heavy atom. The Morgan fingerprint density at radius 3 is 2.65 bits per heavy atom. The number of piperidine rings is 1. The largest absolute Gasteiger partial charge is 0.362 e. The third kappa shape index (κ3) is 3.22. The molecule has 156 valence electrons. The van der Waals surface area contributed by atoms with Gasteiger partial charge >= 0.3 is 0 Å². The summed E-state index contributed by atoms with van der Waals surface area (Å²) in [5, 5.41) is 4.51. The van der Waals surface area contributed by atoms with E-state index < -0.39 is 11.9 Å². The number of aromatic nitrogens is 1. The number of rotatable bonds is 3. The topological polar surface area (TPSA) is 82.6 Å². The van der Waals surface area contributed by atoms with Gasteiger partial charge in [0.15, 0.2) is 0 Å². The first-order valence-corrected chi connectivity index (χ1v) is 10.3. The molecule has 1 atom stereocenters. The monoisotopic (exact) mass is 414 g/mol. The van der Waals surface area contributed by atoms with Crippen LogP contribution in [0.15, 0.2) is 48.5 Å². The zero-order valence-electron chi connectivity index (χ0n) is 17.4. The summed E-state index contributed by atoms with van der Waals surface area (Å²) < 4.78 is 0. The highest BCUT2D eigenvalue weighted by Crippen LogP contribution is 2.33. The maximum absolute atomic E-state index is 12.9. The Bertz CT molecular complexity index is 1250. The van der Waals surface area contributed by atoms with Gasteiger partial charge in [-0.1, -0.05) is 30.3 Å². The van der Waals surface area contributed by atoms with Gasteiger partial charge in [0.1, 0.15) is 11.9 Å². The zero-order chi connectivity index (χ0) is 21.7. The summed E-state index contributed by atoms with van der Waals surface area (Å²) in [5.74, 6) is 0.0302. The molecule has 7 nitrogen and oxygen atoms in total. The van der Waals surface area contributed by atoms with Gasteiger partial charge in [0.25, 0.3) is 5.91 Å². The Balaban J connectivity index is 1.51. The van der Waals surface area contributed by atoms with Gasteiger partial charge in [0.2, 0.25) is 11.8 Å². The van der Waals surface area contributed by atoms with Gasteiger partial charge in [-0.3, -0.25) is 19.7 Å². The standard InChI is InChI=1S/C24H22N4O3/c1-27(2)22-17-6-4-3-5-14(17)12-19(25-22)15-7-8-18-16(11-15)13-28(24(18)31)20-9-10-21(29)26-23(20)30/h3-8,11-12,20H,9-10,13H2,1-2H3,(H,26,29,30). The second kappa shape index (κ2) is 7.19. The van der Waals surface area contributed by atoms with E-state index in [0.29, 0.717) is 18.5 Å². The fourth-order valence-corrected chi connectivity index (χ4v) is 4.40. The van der Waals surface area contributed by atoms with Crippen molar-refractivity contribution in [2.75, 3.05) is 19.0 Å². The second-order valence-corrected chi connectivity index (χ2v) is 8.22. The van der Waals surface area contributed by atoms with Crippen LogP contribution in [0.2, 0.25) is 0 Å². The van der Waals surface area contributed by atoms with Crippen LogP contribution in [0.25, 0.3) is 22.0 Å². The van der Waals surface area contributed by atoms with Crippen molar-refractivity contribution in [3.05, 3.63) is 59.7 Å². The number of amides is 3. The summed E-state index contributed by atoms with van der Waals surface area (Å²) in [6.45, 7) is 0.350. The molecule has 31 heavy (non-hydrogen) atoms. The molecule has 2 aliphatic rings.